The fourth-order valence-electron chi connectivity index (χ4n) is 2.28. The molecule has 0 aromatic heterocycles. The van der Waals surface area contributed by atoms with Crippen LogP contribution < -0.4 is 0 Å². The van der Waals surface area contributed by atoms with Crippen molar-refractivity contribution in [3.63, 3.8) is 0 Å². The number of rotatable bonds is 7. The van der Waals surface area contributed by atoms with E-state index in [2.05, 4.69) is 29.6 Å². The van der Waals surface area contributed by atoms with E-state index in [1.54, 1.807) is 14.1 Å². The van der Waals surface area contributed by atoms with Crippen molar-refractivity contribution in [3.05, 3.63) is 18.1 Å². The van der Waals surface area contributed by atoms with Crippen molar-refractivity contribution in [2.75, 3.05) is 34.7 Å². The zero-order valence-corrected chi connectivity index (χ0v) is 18.4. The van der Waals surface area contributed by atoms with Crippen LogP contribution in [0.25, 0.3) is 10.6 Å². The quantitative estimate of drug-likeness (QED) is 0.443. The van der Waals surface area contributed by atoms with Crippen molar-refractivity contribution in [2.45, 2.75) is 58.0 Å². The van der Waals surface area contributed by atoms with E-state index in [1.807, 2.05) is 6.92 Å². The first kappa shape index (κ1) is 26.0. The predicted octanol–water partition coefficient (Wildman–Crippen LogP) is 4.70. The van der Waals surface area contributed by atoms with E-state index in [0.29, 0.717) is 0 Å². The van der Waals surface area contributed by atoms with Crippen LogP contribution in [-0.4, -0.2) is 45.8 Å². The zero-order chi connectivity index (χ0) is 13.8. The molecule has 0 spiro atoms. The Hall–Kier alpha value is 1.07. The number of hydrogen-bond donors (Lipinski definition) is 0. The average molecular weight is 409 g/mol. The van der Waals surface area contributed by atoms with Gasteiger partial charge in [0.25, 0.3) is 0 Å². The Morgan fingerprint density at radius 2 is 1.55 bits per heavy atom. The van der Waals surface area contributed by atoms with Crippen LogP contribution in [0.15, 0.2) is 0 Å². The summed E-state index contributed by atoms with van der Waals surface area (Å²) in [6.07, 6.45) is 10.5. The van der Waals surface area contributed by atoms with Gasteiger partial charge in [-0.05, 0) is 33.0 Å². The smallest absolute Gasteiger partial charge is 0 e. The SMILES string of the molecule is CN(C)CCCCC1CCCC1.C[N-]C(C)[N-]C.[CH3-].[La]. The van der Waals surface area contributed by atoms with E-state index in [1.165, 1.54) is 51.5 Å². The second-order valence-electron chi connectivity index (χ2n) is 5.60. The molecular formula is C16H36LaN3-3. The number of hydrogen-bond acceptors (Lipinski definition) is 1. The Morgan fingerprint density at radius 1 is 1.05 bits per heavy atom. The third-order valence-corrected chi connectivity index (χ3v) is 3.69. The second kappa shape index (κ2) is 18.1. The largest absolute Gasteiger partial charge is 0.681 e. The van der Waals surface area contributed by atoms with Gasteiger partial charge in [-0.15, -0.1) is 6.92 Å². The molecule has 1 fully saturated rings. The molecule has 0 aromatic rings. The van der Waals surface area contributed by atoms with E-state index < -0.39 is 0 Å². The van der Waals surface area contributed by atoms with Crippen molar-refractivity contribution < 1.29 is 35.6 Å². The van der Waals surface area contributed by atoms with Gasteiger partial charge >= 0.3 is 0 Å². The Kier molecular flexibility index (Phi) is 23.6. The van der Waals surface area contributed by atoms with Crippen molar-refractivity contribution in [1.82, 2.24) is 4.90 Å². The summed E-state index contributed by atoms with van der Waals surface area (Å²) in [5, 5.41) is 7.68. The Morgan fingerprint density at radius 3 is 1.90 bits per heavy atom. The molecule has 1 aliphatic carbocycles. The van der Waals surface area contributed by atoms with Crippen molar-refractivity contribution >= 4 is 0 Å². The van der Waals surface area contributed by atoms with Gasteiger partial charge in [0, 0.05) is 35.6 Å². The van der Waals surface area contributed by atoms with Crippen LogP contribution in [0.1, 0.15) is 51.9 Å². The van der Waals surface area contributed by atoms with Gasteiger partial charge in [-0.3, -0.25) is 0 Å². The second-order valence-corrected chi connectivity index (χ2v) is 5.60. The summed E-state index contributed by atoms with van der Waals surface area (Å²) >= 11 is 0. The summed E-state index contributed by atoms with van der Waals surface area (Å²) in [5.74, 6) is 1.09. The fourth-order valence-corrected chi connectivity index (χ4v) is 2.28. The molecule has 1 rings (SSSR count). The zero-order valence-electron chi connectivity index (χ0n) is 14.7. The fraction of sp³-hybridized carbons (Fsp3) is 0.938. The Balaban J connectivity index is -0.000000316. The van der Waals surface area contributed by atoms with Crippen LogP contribution in [-0.2, 0) is 0 Å². The molecule has 1 saturated carbocycles. The number of unbranched alkanes of at least 4 members (excludes halogenated alkanes) is 1. The minimum Gasteiger partial charge on any atom is -0.681 e. The molecule has 0 aromatic carbocycles. The molecule has 1 radical (unpaired) electrons. The predicted molar refractivity (Wildman–Crippen MR) is 88.8 cm³/mol. The van der Waals surface area contributed by atoms with Gasteiger partial charge in [0.1, 0.15) is 0 Å². The molecule has 3 nitrogen and oxygen atoms in total. The van der Waals surface area contributed by atoms with E-state index in [4.69, 9.17) is 0 Å². The molecule has 0 amide bonds. The molecule has 0 aliphatic heterocycles. The molecule has 0 atom stereocenters. The van der Waals surface area contributed by atoms with Gasteiger partial charge in [-0.1, -0.05) is 38.5 Å². The first-order valence-electron chi connectivity index (χ1n) is 7.42. The normalized spacial score (nSPS) is 14.6. The summed E-state index contributed by atoms with van der Waals surface area (Å²) in [7, 11) is 7.85. The van der Waals surface area contributed by atoms with Gasteiger partial charge < -0.3 is 23.0 Å². The first-order valence-corrected chi connectivity index (χ1v) is 7.42. The van der Waals surface area contributed by atoms with Gasteiger partial charge in [0.2, 0.25) is 0 Å². The minimum atomic E-state index is 0. The summed E-state index contributed by atoms with van der Waals surface area (Å²) < 4.78 is 0. The average Bonchev–Trinajstić information content (AvgIpc) is 2.87. The third-order valence-electron chi connectivity index (χ3n) is 3.69. The molecule has 0 unspecified atom stereocenters. The number of nitrogens with zero attached hydrogens (tertiary/aromatic N) is 3. The van der Waals surface area contributed by atoms with Gasteiger partial charge in [-0.25, -0.2) is 6.17 Å². The van der Waals surface area contributed by atoms with Crippen LogP contribution in [0.2, 0.25) is 0 Å². The molecule has 0 saturated heterocycles. The van der Waals surface area contributed by atoms with E-state index in [9.17, 15) is 0 Å². The Bertz CT molecular complexity index is 167. The molecule has 20 heavy (non-hydrogen) atoms. The topological polar surface area (TPSA) is 31.4 Å². The van der Waals surface area contributed by atoms with Gasteiger partial charge in [-0.2, -0.15) is 14.1 Å². The molecule has 0 N–H and O–H groups in total. The van der Waals surface area contributed by atoms with Crippen molar-refractivity contribution in [2.24, 2.45) is 5.92 Å². The van der Waals surface area contributed by atoms with Crippen molar-refractivity contribution in [3.8, 4) is 0 Å². The Labute approximate surface area is 156 Å². The van der Waals surface area contributed by atoms with Crippen LogP contribution in [0.3, 0.4) is 0 Å². The maximum absolute atomic E-state index is 3.84. The maximum atomic E-state index is 3.84. The van der Waals surface area contributed by atoms with Gasteiger partial charge in [0.05, 0.1) is 0 Å². The summed E-state index contributed by atoms with van der Waals surface area (Å²) in [5.41, 5.74) is 0. The molecule has 0 bridgehead atoms. The monoisotopic (exact) mass is 409 g/mol. The molecule has 0 heterocycles. The first-order chi connectivity index (χ1) is 8.60. The van der Waals surface area contributed by atoms with Crippen LogP contribution in [0, 0.1) is 48.9 Å². The van der Waals surface area contributed by atoms with Crippen LogP contribution in [0.5, 0.6) is 0 Å². The maximum Gasteiger partial charge on any atom is 0 e. The van der Waals surface area contributed by atoms with E-state index in [-0.39, 0.29) is 49.2 Å². The molecule has 1 aliphatic rings. The van der Waals surface area contributed by atoms with E-state index >= 15 is 0 Å². The standard InChI is InChI=1S/C11H23N.C4H10N2.CH3.La/c1-12(2)10-6-5-9-11-7-3-4-8-11;1-4(5-2)6-3;;/h11H,3-10H2,1-2H3;4H,1-3H3;1H3;/q;-2;-1;. The molecular weight excluding hydrogens is 373 g/mol. The third kappa shape index (κ3) is 17.1. The van der Waals surface area contributed by atoms with Crippen molar-refractivity contribution in [1.29, 1.82) is 0 Å². The minimum absolute atomic E-state index is 0. The van der Waals surface area contributed by atoms with E-state index in [0.717, 1.165) is 5.92 Å². The summed E-state index contributed by atoms with van der Waals surface area (Å²) in [6, 6.07) is 0. The molecule has 121 valence electrons. The van der Waals surface area contributed by atoms with Gasteiger partial charge in [0.15, 0.2) is 0 Å². The van der Waals surface area contributed by atoms with Crippen LogP contribution >= 0.6 is 0 Å². The summed E-state index contributed by atoms with van der Waals surface area (Å²) in [4.78, 5) is 2.29. The summed E-state index contributed by atoms with van der Waals surface area (Å²) in [6.45, 7) is 3.22. The molecule has 4 heteroatoms. The van der Waals surface area contributed by atoms with Crippen LogP contribution in [0.4, 0.5) is 0 Å².